The molecule has 2 atom stereocenters. The fraction of sp³-hybridized carbons (Fsp3) is 0.385. The second-order valence-electron chi connectivity index (χ2n) is 4.23. The molecule has 1 N–H and O–H groups in total. The van der Waals surface area contributed by atoms with E-state index in [1.54, 1.807) is 23.9 Å². The first kappa shape index (κ1) is 14.3. The van der Waals surface area contributed by atoms with Crippen LogP contribution < -0.4 is 0 Å². The third kappa shape index (κ3) is 2.90. The Morgan fingerprint density at radius 2 is 2.00 bits per heavy atom. The molecule has 1 aromatic carbocycles. The highest BCUT2D eigenvalue weighted by Crippen LogP contribution is 2.30. The summed E-state index contributed by atoms with van der Waals surface area (Å²) in [5.74, 6) is -0.700. The second kappa shape index (κ2) is 5.88. The number of thioether (sulfide) groups is 2. The molecule has 1 aliphatic heterocycles. The van der Waals surface area contributed by atoms with E-state index in [0.29, 0.717) is 11.3 Å². The summed E-state index contributed by atoms with van der Waals surface area (Å²) in [4.78, 5) is 26.1. The minimum absolute atomic E-state index is 0.103. The van der Waals surface area contributed by atoms with E-state index in [-0.39, 0.29) is 11.3 Å². The van der Waals surface area contributed by atoms with Crippen molar-refractivity contribution in [1.82, 2.24) is 4.90 Å². The van der Waals surface area contributed by atoms with E-state index in [1.807, 2.05) is 25.3 Å². The summed E-state index contributed by atoms with van der Waals surface area (Å²) >= 11 is 3.10. The van der Waals surface area contributed by atoms with Crippen molar-refractivity contribution in [1.29, 1.82) is 0 Å². The molecule has 6 heteroatoms. The number of carbonyl (C=O) groups excluding carboxylic acids is 1. The number of nitrogens with zero attached hydrogens (tertiary/aromatic N) is 1. The Kier molecular flexibility index (Phi) is 4.42. The lowest BCUT2D eigenvalue weighted by Gasteiger charge is -2.25. The molecular formula is C13H15NO3S2. The largest absolute Gasteiger partial charge is 0.480 e. The number of benzene rings is 1. The van der Waals surface area contributed by atoms with Gasteiger partial charge in [0.15, 0.2) is 0 Å². The number of rotatable bonds is 3. The van der Waals surface area contributed by atoms with Gasteiger partial charge in [-0.05, 0) is 37.4 Å². The molecule has 4 nitrogen and oxygen atoms in total. The lowest BCUT2D eigenvalue weighted by molar-refractivity contribution is -0.141. The van der Waals surface area contributed by atoms with Crippen LogP contribution in [0.25, 0.3) is 0 Å². The fourth-order valence-corrected chi connectivity index (χ4v) is 3.60. The zero-order chi connectivity index (χ0) is 14.0. The fourth-order valence-electron chi connectivity index (χ4n) is 2.02. The van der Waals surface area contributed by atoms with E-state index in [2.05, 4.69) is 0 Å². The standard InChI is InChI=1S/C13H15NO3S2/c1-8-14(11(7-19-8)13(16)17)12(15)9-3-5-10(18-2)6-4-9/h3-6,8,11H,7H2,1-2H3,(H,16,17). The number of aliphatic carboxylic acids is 1. The first-order chi connectivity index (χ1) is 9.04. The lowest BCUT2D eigenvalue weighted by Crippen LogP contribution is -2.44. The van der Waals surface area contributed by atoms with Crippen molar-refractivity contribution < 1.29 is 14.7 Å². The number of carboxylic acid groups (broad SMARTS) is 1. The van der Waals surface area contributed by atoms with Crippen LogP contribution in [-0.2, 0) is 4.79 Å². The van der Waals surface area contributed by atoms with Crippen molar-refractivity contribution in [3.05, 3.63) is 29.8 Å². The van der Waals surface area contributed by atoms with E-state index in [9.17, 15) is 9.59 Å². The van der Waals surface area contributed by atoms with Crippen LogP contribution in [0.5, 0.6) is 0 Å². The molecule has 0 aromatic heterocycles. The maximum absolute atomic E-state index is 12.4. The molecule has 1 aromatic rings. The number of hydrogen-bond donors (Lipinski definition) is 1. The van der Waals surface area contributed by atoms with Gasteiger partial charge >= 0.3 is 5.97 Å². The summed E-state index contributed by atoms with van der Waals surface area (Å²) in [7, 11) is 0. The van der Waals surface area contributed by atoms with Crippen LogP contribution in [0.15, 0.2) is 29.2 Å². The van der Waals surface area contributed by atoms with Crippen LogP contribution in [0, 0.1) is 0 Å². The van der Waals surface area contributed by atoms with E-state index < -0.39 is 12.0 Å². The first-order valence-electron chi connectivity index (χ1n) is 5.85. The van der Waals surface area contributed by atoms with Gasteiger partial charge in [0, 0.05) is 16.2 Å². The maximum Gasteiger partial charge on any atom is 0.327 e. The van der Waals surface area contributed by atoms with Crippen LogP contribution in [-0.4, -0.2) is 45.3 Å². The highest BCUT2D eigenvalue weighted by atomic mass is 32.2. The van der Waals surface area contributed by atoms with Gasteiger partial charge in [-0.25, -0.2) is 4.79 Å². The molecule has 1 amide bonds. The molecule has 0 spiro atoms. The smallest absolute Gasteiger partial charge is 0.327 e. The Labute approximate surface area is 120 Å². The number of amides is 1. The summed E-state index contributed by atoms with van der Waals surface area (Å²) in [5.41, 5.74) is 0.540. The minimum Gasteiger partial charge on any atom is -0.480 e. The van der Waals surface area contributed by atoms with Crippen molar-refractivity contribution in [2.45, 2.75) is 23.2 Å². The Hall–Kier alpha value is -1.14. The Morgan fingerprint density at radius 1 is 1.37 bits per heavy atom. The minimum atomic E-state index is -0.939. The van der Waals surface area contributed by atoms with Gasteiger partial charge in [-0.1, -0.05) is 0 Å². The zero-order valence-corrected chi connectivity index (χ0v) is 12.3. The molecule has 1 saturated heterocycles. The highest BCUT2D eigenvalue weighted by molar-refractivity contribution is 8.00. The topological polar surface area (TPSA) is 57.6 Å². The van der Waals surface area contributed by atoms with Gasteiger partial charge in [-0.3, -0.25) is 4.79 Å². The monoisotopic (exact) mass is 297 g/mol. The van der Waals surface area contributed by atoms with Crippen molar-refractivity contribution in [2.75, 3.05) is 12.0 Å². The predicted octanol–water partition coefficient (Wildman–Crippen LogP) is 2.40. The van der Waals surface area contributed by atoms with Gasteiger partial charge < -0.3 is 10.0 Å². The quantitative estimate of drug-likeness (QED) is 0.868. The lowest BCUT2D eigenvalue weighted by atomic mass is 10.1. The molecule has 0 bridgehead atoms. The summed E-state index contributed by atoms with van der Waals surface area (Å²) in [6.45, 7) is 1.86. The van der Waals surface area contributed by atoms with Crippen molar-refractivity contribution in [3.8, 4) is 0 Å². The molecule has 19 heavy (non-hydrogen) atoms. The van der Waals surface area contributed by atoms with Gasteiger partial charge in [0.05, 0.1) is 5.37 Å². The maximum atomic E-state index is 12.4. The Bertz CT molecular complexity index is 489. The summed E-state index contributed by atoms with van der Waals surface area (Å²) in [5, 5.41) is 9.07. The third-order valence-electron chi connectivity index (χ3n) is 3.08. The van der Waals surface area contributed by atoms with E-state index in [1.165, 1.54) is 16.7 Å². The highest BCUT2D eigenvalue weighted by Gasteiger charge is 2.39. The molecule has 2 rings (SSSR count). The van der Waals surface area contributed by atoms with E-state index in [4.69, 9.17) is 5.11 Å². The van der Waals surface area contributed by atoms with Crippen molar-refractivity contribution in [2.24, 2.45) is 0 Å². The van der Waals surface area contributed by atoms with Gasteiger partial charge in [0.2, 0.25) is 0 Å². The number of hydrogen-bond acceptors (Lipinski definition) is 4. The molecule has 0 saturated carbocycles. The summed E-state index contributed by atoms with van der Waals surface area (Å²) in [6, 6.07) is 6.53. The average Bonchev–Trinajstić information content (AvgIpc) is 2.80. The van der Waals surface area contributed by atoms with Crippen molar-refractivity contribution in [3.63, 3.8) is 0 Å². The van der Waals surface area contributed by atoms with Gasteiger partial charge in [0.1, 0.15) is 6.04 Å². The van der Waals surface area contributed by atoms with Gasteiger partial charge in [0.25, 0.3) is 5.91 Å². The summed E-state index contributed by atoms with van der Waals surface area (Å²) < 4.78 is 0. The first-order valence-corrected chi connectivity index (χ1v) is 8.13. The molecule has 1 aliphatic rings. The van der Waals surface area contributed by atoms with E-state index >= 15 is 0 Å². The normalized spacial score (nSPS) is 22.5. The van der Waals surface area contributed by atoms with Crippen LogP contribution in [0.2, 0.25) is 0 Å². The average molecular weight is 297 g/mol. The van der Waals surface area contributed by atoms with Crippen LogP contribution in [0.4, 0.5) is 0 Å². The van der Waals surface area contributed by atoms with Crippen LogP contribution in [0.1, 0.15) is 17.3 Å². The Balaban J connectivity index is 2.23. The molecule has 0 aliphatic carbocycles. The zero-order valence-electron chi connectivity index (χ0n) is 10.7. The molecule has 102 valence electrons. The predicted molar refractivity (Wildman–Crippen MR) is 77.7 cm³/mol. The van der Waals surface area contributed by atoms with E-state index in [0.717, 1.165) is 4.90 Å². The van der Waals surface area contributed by atoms with Crippen LogP contribution >= 0.6 is 23.5 Å². The van der Waals surface area contributed by atoms with Gasteiger partial charge in [-0.15, -0.1) is 23.5 Å². The molecular weight excluding hydrogens is 282 g/mol. The third-order valence-corrected chi connectivity index (χ3v) is 5.04. The summed E-state index contributed by atoms with van der Waals surface area (Å²) in [6.07, 6.45) is 1.97. The molecule has 2 unspecified atom stereocenters. The van der Waals surface area contributed by atoms with Crippen LogP contribution in [0.3, 0.4) is 0 Å². The number of carbonyl (C=O) groups is 2. The molecule has 1 heterocycles. The van der Waals surface area contributed by atoms with Crippen molar-refractivity contribution >= 4 is 35.4 Å². The molecule has 1 fully saturated rings. The number of carboxylic acids is 1. The van der Waals surface area contributed by atoms with Gasteiger partial charge in [-0.2, -0.15) is 0 Å². The second-order valence-corrected chi connectivity index (χ2v) is 6.46. The Morgan fingerprint density at radius 3 is 2.53 bits per heavy atom. The molecule has 0 radical (unpaired) electrons. The SMILES string of the molecule is CSc1ccc(C(=O)N2C(C)SCC2C(=O)O)cc1.